The Kier molecular flexibility index (Phi) is 10.7. The van der Waals surface area contributed by atoms with E-state index in [2.05, 4.69) is 133 Å². The van der Waals surface area contributed by atoms with E-state index in [0.29, 0.717) is 0 Å². The Morgan fingerprint density at radius 3 is 2.08 bits per heavy atom. The van der Waals surface area contributed by atoms with Crippen molar-refractivity contribution in [2.24, 2.45) is 5.41 Å². The number of pyridine rings is 2. The van der Waals surface area contributed by atoms with Crippen LogP contribution in [0.2, 0.25) is 0 Å². The number of aromatic nitrogens is 2. The van der Waals surface area contributed by atoms with Gasteiger partial charge in [-0.15, -0.1) is 64.9 Å². The molecule has 0 aliphatic carbocycles. The second-order valence-corrected chi connectivity index (χ2v) is 16.3. The average Bonchev–Trinajstić information content (AvgIpc) is 3.62. The van der Waals surface area contributed by atoms with Crippen LogP contribution in [0.3, 0.4) is 0 Å². The summed E-state index contributed by atoms with van der Waals surface area (Å²) in [6.45, 7) is 19.7. The van der Waals surface area contributed by atoms with E-state index in [9.17, 15) is 0 Å². The molecule has 5 heteroatoms. The van der Waals surface area contributed by atoms with Crippen LogP contribution in [0.25, 0.3) is 65.7 Å². The number of thiophene rings is 1. The van der Waals surface area contributed by atoms with Crippen molar-refractivity contribution < 1.29 is 24.5 Å². The maximum Gasteiger partial charge on any atom is 0.138 e. The molecule has 52 heavy (non-hydrogen) atoms. The van der Waals surface area contributed by atoms with Gasteiger partial charge in [-0.25, -0.2) is 0 Å². The Morgan fingerprint density at radius 1 is 0.712 bits per heavy atom. The van der Waals surface area contributed by atoms with E-state index in [1.165, 1.54) is 59.5 Å². The number of hydrogen-bond acceptors (Lipinski definition) is 4. The first-order chi connectivity index (χ1) is 24.4. The molecule has 8 aromatic rings. The summed E-state index contributed by atoms with van der Waals surface area (Å²) in [5, 5.41) is 3.55. The third kappa shape index (κ3) is 7.41. The van der Waals surface area contributed by atoms with Crippen LogP contribution in [0.15, 0.2) is 95.7 Å². The molecule has 4 aromatic carbocycles. The molecular weight excluding hydrogens is 833 g/mol. The molecule has 0 bridgehead atoms. The van der Waals surface area contributed by atoms with Gasteiger partial charge in [-0.3, -0.25) is 0 Å². The molecule has 0 saturated heterocycles. The van der Waals surface area contributed by atoms with Gasteiger partial charge in [-0.2, -0.15) is 0 Å². The zero-order valence-electron chi connectivity index (χ0n) is 31.4. The van der Waals surface area contributed by atoms with Gasteiger partial charge in [-0.05, 0) is 96.6 Å². The van der Waals surface area contributed by atoms with Crippen LogP contribution in [-0.2, 0) is 26.5 Å². The van der Waals surface area contributed by atoms with E-state index in [-0.39, 0.29) is 25.5 Å². The second-order valence-electron chi connectivity index (χ2n) is 15.0. The summed E-state index contributed by atoms with van der Waals surface area (Å²) in [7, 11) is 0. The van der Waals surface area contributed by atoms with Crippen LogP contribution in [0.1, 0.15) is 59.0 Å². The summed E-state index contributed by atoms with van der Waals surface area (Å²) < 4.78 is 7.88. The molecule has 8 rings (SSSR count). The number of rotatable bonds is 4. The van der Waals surface area contributed by atoms with Gasteiger partial charge in [-0.1, -0.05) is 87.2 Å². The van der Waals surface area contributed by atoms with Crippen LogP contribution in [0, 0.1) is 59.1 Å². The fraction of sp³-hybridized carbons (Fsp3) is 0.234. The Bertz CT molecular complexity index is 2470. The molecule has 0 aliphatic heterocycles. The third-order valence-corrected chi connectivity index (χ3v) is 10.8. The van der Waals surface area contributed by atoms with Gasteiger partial charge < -0.3 is 14.4 Å². The number of hydrogen-bond donors (Lipinski definition) is 0. The quantitative estimate of drug-likeness (QED) is 0.165. The Labute approximate surface area is 325 Å². The Morgan fingerprint density at radius 2 is 1.40 bits per heavy atom. The minimum atomic E-state index is 0. The molecule has 4 heterocycles. The maximum absolute atomic E-state index is 6.65. The molecule has 0 unspecified atom stereocenters. The molecule has 1 radical (unpaired) electrons. The Hall–Kier alpha value is -4.41. The first-order valence-corrected chi connectivity index (χ1v) is 18.4. The van der Waals surface area contributed by atoms with Gasteiger partial charge in [0, 0.05) is 48.3 Å². The third-order valence-electron chi connectivity index (χ3n) is 9.62. The summed E-state index contributed by atoms with van der Waals surface area (Å²) in [5.74, 6) is 0. The first kappa shape index (κ1) is 37.3. The first-order valence-electron chi connectivity index (χ1n) is 17.6. The fourth-order valence-electron chi connectivity index (χ4n) is 6.89. The van der Waals surface area contributed by atoms with Crippen LogP contribution in [0.5, 0.6) is 0 Å². The van der Waals surface area contributed by atoms with Crippen molar-refractivity contribution in [3.8, 4) is 33.6 Å². The fourth-order valence-corrected chi connectivity index (χ4v) is 8.04. The maximum atomic E-state index is 6.65. The molecule has 0 fully saturated rings. The Balaban J connectivity index is 0.000000260. The standard InChI is InChI=1S/C34H32NOS.C13H12N.Ir/c1-19-10-8-11-20(2)30(19)28-18-35-29(16-23(28)17-34(5,6)7)27-13-9-12-25-26-15-14-24-21(3)22(4)37-33(24)32(26)36-31(25)27;1-10-3-6-12(7-4-10)13-8-5-11(2)9-14-13;/h8-12,14-16,18H,17H2,1-7H3;3-6,8-9H,1-2H3;/q2*-1;. The van der Waals surface area contributed by atoms with Crippen molar-refractivity contribution in [1.82, 2.24) is 9.97 Å². The predicted octanol–water partition coefficient (Wildman–Crippen LogP) is 13.3. The van der Waals surface area contributed by atoms with Crippen molar-refractivity contribution >= 4 is 43.4 Å². The molecule has 0 spiro atoms. The topological polar surface area (TPSA) is 38.9 Å². The van der Waals surface area contributed by atoms with Crippen molar-refractivity contribution in [2.45, 2.75) is 68.7 Å². The molecular formula is C47H44IrN2OS-2. The summed E-state index contributed by atoms with van der Waals surface area (Å²) in [6.07, 6.45) is 4.89. The zero-order chi connectivity index (χ0) is 36.0. The van der Waals surface area contributed by atoms with Crippen molar-refractivity contribution in [1.29, 1.82) is 0 Å². The van der Waals surface area contributed by atoms with Crippen molar-refractivity contribution in [3.05, 3.63) is 142 Å². The zero-order valence-corrected chi connectivity index (χ0v) is 34.6. The van der Waals surface area contributed by atoms with E-state index < -0.39 is 0 Å². The van der Waals surface area contributed by atoms with Crippen molar-refractivity contribution in [2.75, 3.05) is 0 Å². The number of furan rings is 1. The molecule has 0 N–H and O–H groups in total. The average molecular weight is 877 g/mol. The minimum absolute atomic E-state index is 0. The van der Waals surface area contributed by atoms with Gasteiger partial charge in [0.1, 0.15) is 5.58 Å². The van der Waals surface area contributed by atoms with Gasteiger partial charge in [0.15, 0.2) is 0 Å². The van der Waals surface area contributed by atoms with E-state index in [1.54, 1.807) is 0 Å². The van der Waals surface area contributed by atoms with Gasteiger partial charge in [0.25, 0.3) is 0 Å². The van der Waals surface area contributed by atoms with Crippen LogP contribution >= 0.6 is 11.3 Å². The molecule has 0 amide bonds. The van der Waals surface area contributed by atoms with Crippen LogP contribution < -0.4 is 0 Å². The van der Waals surface area contributed by atoms with E-state index in [4.69, 9.17) is 9.40 Å². The normalized spacial score (nSPS) is 11.5. The summed E-state index contributed by atoms with van der Waals surface area (Å²) >= 11 is 1.82. The van der Waals surface area contributed by atoms with Gasteiger partial charge in [0.2, 0.25) is 0 Å². The molecule has 265 valence electrons. The molecule has 0 saturated carbocycles. The smallest absolute Gasteiger partial charge is 0.138 e. The summed E-state index contributed by atoms with van der Waals surface area (Å²) in [5.41, 5.74) is 16.0. The van der Waals surface area contributed by atoms with E-state index in [0.717, 1.165) is 50.9 Å². The molecule has 4 aromatic heterocycles. The number of benzene rings is 4. The van der Waals surface area contributed by atoms with Crippen LogP contribution in [-0.4, -0.2) is 9.97 Å². The second kappa shape index (κ2) is 14.9. The monoisotopic (exact) mass is 877 g/mol. The number of nitrogens with zero attached hydrogens (tertiary/aromatic N) is 2. The minimum Gasteiger partial charge on any atom is -0.499 e. The summed E-state index contributed by atoms with van der Waals surface area (Å²) in [4.78, 5) is 10.7. The van der Waals surface area contributed by atoms with Gasteiger partial charge in [0.05, 0.1) is 10.3 Å². The molecule has 0 aliphatic rings. The predicted molar refractivity (Wildman–Crippen MR) is 217 cm³/mol. The number of fused-ring (bicyclic) bond motifs is 5. The largest absolute Gasteiger partial charge is 0.499 e. The van der Waals surface area contributed by atoms with Gasteiger partial charge >= 0.3 is 0 Å². The number of aryl methyl sites for hydroxylation is 6. The van der Waals surface area contributed by atoms with E-state index >= 15 is 0 Å². The molecule has 3 nitrogen and oxygen atoms in total. The molecule has 0 atom stereocenters. The summed E-state index contributed by atoms with van der Waals surface area (Å²) in [6, 6.07) is 34.2. The van der Waals surface area contributed by atoms with Crippen LogP contribution in [0.4, 0.5) is 0 Å². The van der Waals surface area contributed by atoms with Crippen molar-refractivity contribution in [3.63, 3.8) is 0 Å². The van der Waals surface area contributed by atoms with E-state index in [1.807, 2.05) is 48.7 Å². The SMILES string of the molecule is Cc1c[c-]c(-c2ccc(C)cn2)cc1.Cc1cccc(C)c1-c1cnc(-c2[c-]ccc3c2oc2c3ccc3c(C)c(C)sc32)cc1CC(C)(C)C.[Ir].